The van der Waals surface area contributed by atoms with Gasteiger partial charge in [0.1, 0.15) is 11.4 Å². The molecule has 0 N–H and O–H groups in total. The summed E-state index contributed by atoms with van der Waals surface area (Å²) < 4.78 is 19.1. The number of halogens is 1. The lowest BCUT2D eigenvalue weighted by Gasteiger charge is -2.37. The fourth-order valence-corrected chi connectivity index (χ4v) is 5.06. The van der Waals surface area contributed by atoms with E-state index in [9.17, 15) is 14.0 Å². The summed E-state index contributed by atoms with van der Waals surface area (Å²) in [6, 6.07) is 13.8. The van der Waals surface area contributed by atoms with Crippen molar-refractivity contribution in [1.29, 1.82) is 0 Å². The molecule has 1 aromatic heterocycles. The van der Waals surface area contributed by atoms with Crippen LogP contribution in [0, 0.1) is 18.7 Å². The summed E-state index contributed by atoms with van der Waals surface area (Å²) in [7, 11) is 0. The standard InChI is InChI=1S/C25H25FN2O3/c1-16-20-6-2-3-7-22(20)31-24(16)25(30)27-14-18-5-4-12-28(21(18)15-27)23(29)13-17-8-10-19(26)11-9-17/h2-3,6-11,18,21H,4-5,12-15H2,1H3/t18-,21+/m0/s1. The van der Waals surface area contributed by atoms with Gasteiger partial charge in [0.15, 0.2) is 5.76 Å². The van der Waals surface area contributed by atoms with Crippen LogP contribution in [0.15, 0.2) is 52.9 Å². The van der Waals surface area contributed by atoms with E-state index in [1.807, 2.05) is 41.0 Å². The predicted octanol–water partition coefficient (Wildman–Crippen LogP) is 4.19. The second kappa shape index (κ2) is 7.84. The molecule has 2 aromatic carbocycles. The van der Waals surface area contributed by atoms with Gasteiger partial charge in [0, 0.05) is 30.6 Å². The van der Waals surface area contributed by atoms with Crippen LogP contribution in [0.2, 0.25) is 0 Å². The number of carbonyl (C=O) groups is 2. The molecule has 0 unspecified atom stereocenters. The highest BCUT2D eigenvalue weighted by Crippen LogP contribution is 2.33. The van der Waals surface area contributed by atoms with E-state index in [1.165, 1.54) is 12.1 Å². The van der Waals surface area contributed by atoms with Crippen LogP contribution in [-0.2, 0) is 11.2 Å². The highest BCUT2D eigenvalue weighted by Gasteiger charge is 2.43. The number of aryl methyl sites for hydroxylation is 1. The summed E-state index contributed by atoms with van der Waals surface area (Å²) in [4.78, 5) is 30.1. The summed E-state index contributed by atoms with van der Waals surface area (Å²) >= 11 is 0. The van der Waals surface area contributed by atoms with Crippen molar-refractivity contribution >= 4 is 22.8 Å². The average Bonchev–Trinajstić information content (AvgIpc) is 3.36. The van der Waals surface area contributed by atoms with Crippen molar-refractivity contribution in [1.82, 2.24) is 9.80 Å². The number of nitrogens with zero attached hydrogens (tertiary/aromatic N) is 2. The number of benzene rings is 2. The summed E-state index contributed by atoms with van der Waals surface area (Å²) in [6.45, 7) is 3.78. The first-order chi connectivity index (χ1) is 15.0. The number of fused-ring (bicyclic) bond motifs is 2. The summed E-state index contributed by atoms with van der Waals surface area (Å²) in [5.74, 6) is 0.299. The summed E-state index contributed by atoms with van der Waals surface area (Å²) in [5, 5.41) is 0.957. The molecule has 0 radical (unpaired) electrons. The monoisotopic (exact) mass is 420 g/mol. The van der Waals surface area contributed by atoms with Crippen molar-refractivity contribution in [2.75, 3.05) is 19.6 Å². The Bertz CT molecular complexity index is 1140. The first kappa shape index (κ1) is 19.8. The number of hydrogen-bond acceptors (Lipinski definition) is 3. The SMILES string of the molecule is Cc1c(C(=O)N2C[C@@H]3CCCN(C(=O)Cc4ccc(F)cc4)[C@@H]3C2)oc2ccccc12. The molecule has 31 heavy (non-hydrogen) atoms. The lowest BCUT2D eigenvalue weighted by Crippen LogP contribution is -2.49. The smallest absolute Gasteiger partial charge is 0.289 e. The second-order valence-electron chi connectivity index (χ2n) is 8.62. The molecule has 2 saturated heterocycles. The zero-order valence-corrected chi connectivity index (χ0v) is 17.5. The van der Waals surface area contributed by atoms with Gasteiger partial charge in [0.2, 0.25) is 5.91 Å². The largest absolute Gasteiger partial charge is 0.451 e. The average molecular weight is 420 g/mol. The van der Waals surface area contributed by atoms with Gasteiger partial charge >= 0.3 is 0 Å². The first-order valence-corrected chi connectivity index (χ1v) is 10.8. The van der Waals surface area contributed by atoms with Crippen LogP contribution in [-0.4, -0.2) is 47.3 Å². The number of hydrogen-bond donors (Lipinski definition) is 0. The van der Waals surface area contributed by atoms with Crippen molar-refractivity contribution in [3.8, 4) is 0 Å². The topological polar surface area (TPSA) is 53.8 Å². The molecule has 0 saturated carbocycles. The first-order valence-electron chi connectivity index (χ1n) is 10.8. The van der Waals surface area contributed by atoms with Gasteiger partial charge in [-0.25, -0.2) is 4.39 Å². The number of amides is 2. The van der Waals surface area contributed by atoms with Gasteiger partial charge in [-0.1, -0.05) is 30.3 Å². The van der Waals surface area contributed by atoms with Gasteiger partial charge in [-0.3, -0.25) is 9.59 Å². The van der Waals surface area contributed by atoms with E-state index < -0.39 is 0 Å². The maximum atomic E-state index is 13.3. The number of carbonyl (C=O) groups excluding carboxylic acids is 2. The Balaban J connectivity index is 1.33. The van der Waals surface area contributed by atoms with Crippen LogP contribution in [0.3, 0.4) is 0 Å². The van der Waals surface area contributed by atoms with Gasteiger partial charge in [-0.05, 0) is 49.4 Å². The van der Waals surface area contributed by atoms with Gasteiger partial charge in [-0.15, -0.1) is 0 Å². The van der Waals surface area contributed by atoms with E-state index in [-0.39, 0.29) is 36.0 Å². The molecule has 0 spiro atoms. The maximum absolute atomic E-state index is 13.3. The minimum atomic E-state index is -0.305. The Morgan fingerprint density at radius 1 is 1.10 bits per heavy atom. The molecular weight excluding hydrogens is 395 g/mol. The highest BCUT2D eigenvalue weighted by atomic mass is 19.1. The molecule has 0 bridgehead atoms. The molecule has 5 rings (SSSR count). The normalized spacial score (nSPS) is 20.8. The van der Waals surface area contributed by atoms with Crippen LogP contribution in [0.4, 0.5) is 4.39 Å². The Kier molecular flexibility index (Phi) is 5.00. The molecule has 2 aliphatic rings. The van der Waals surface area contributed by atoms with Crippen LogP contribution in [0.1, 0.15) is 34.5 Å². The zero-order valence-electron chi connectivity index (χ0n) is 17.5. The lowest BCUT2D eigenvalue weighted by molar-refractivity contribution is -0.134. The van der Waals surface area contributed by atoms with Crippen LogP contribution in [0.25, 0.3) is 11.0 Å². The van der Waals surface area contributed by atoms with Gasteiger partial charge in [-0.2, -0.15) is 0 Å². The van der Waals surface area contributed by atoms with Gasteiger partial charge in [0.05, 0.1) is 12.5 Å². The van der Waals surface area contributed by atoms with Crippen molar-refractivity contribution in [3.63, 3.8) is 0 Å². The highest BCUT2D eigenvalue weighted by molar-refractivity contribution is 5.99. The van der Waals surface area contributed by atoms with Crippen molar-refractivity contribution in [3.05, 3.63) is 71.2 Å². The number of rotatable bonds is 3. The third kappa shape index (κ3) is 3.60. The third-order valence-corrected chi connectivity index (χ3v) is 6.69. The molecule has 6 heteroatoms. The third-order valence-electron chi connectivity index (χ3n) is 6.69. The molecule has 2 atom stereocenters. The molecule has 3 heterocycles. The van der Waals surface area contributed by atoms with Crippen molar-refractivity contribution < 1.29 is 18.4 Å². The number of piperidine rings is 1. The maximum Gasteiger partial charge on any atom is 0.289 e. The van der Waals surface area contributed by atoms with Crippen LogP contribution < -0.4 is 0 Å². The fourth-order valence-electron chi connectivity index (χ4n) is 5.06. The molecule has 2 aliphatic heterocycles. The Morgan fingerprint density at radius 3 is 2.65 bits per heavy atom. The number of likely N-dealkylation sites (tertiary alicyclic amines) is 2. The minimum Gasteiger partial charge on any atom is -0.451 e. The second-order valence-corrected chi connectivity index (χ2v) is 8.62. The van der Waals surface area contributed by atoms with E-state index in [2.05, 4.69) is 0 Å². The van der Waals surface area contributed by atoms with E-state index in [4.69, 9.17) is 4.42 Å². The zero-order chi connectivity index (χ0) is 21.5. The Hall–Kier alpha value is -3.15. The van der Waals surface area contributed by atoms with E-state index >= 15 is 0 Å². The summed E-state index contributed by atoms with van der Waals surface area (Å²) in [6.07, 6.45) is 2.19. The van der Waals surface area contributed by atoms with Crippen LogP contribution in [0.5, 0.6) is 0 Å². The van der Waals surface area contributed by atoms with E-state index in [1.54, 1.807) is 12.1 Å². The molecular formula is C25H25FN2O3. The molecule has 160 valence electrons. The predicted molar refractivity (Wildman–Crippen MR) is 115 cm³/mol. The van der Waals surface area contributed by atoms with Crippen molar-refractivity contribution in [2.45, 2.75) is 32.2 Å². The fraction of sp³-hybridized carbons (Fsp3) is 0.360. The van der Waals surface area contributed by atoms with Gasteiger partial charge in [0.25, 0.3) is 5.91 Å². The van der Waals surface area contributed by atoms with E-state index in [0.29, 0.717) is 25.4 Å². The van der Waals surface area contributed by atoms with E-state index in [0.717, 1.165) is 34.9 Å². The molecule has 2 fully saturated rings. The van der Waals surface area contributed by atoms with Crippen molar-refractivity contribution in [2.24, 2.45) is 5.92 Å². The number of furan rings is 1. The minimum absolute atomic E-state index is 0.0235. The molecule has 5 nitrogen and oxygen atoms in total. The quantitative estimate of drug-likeness (QED) is 0.639. The Labute approximate surface area is 180 Å². The number of para-hydroxylation sites is 1. The molecule has 0 aliphatic carbocycles. The molecule has 3 aromatic rings. The lowest BCUT2D eigenvalue weighted by atomic mass is 9.91. The Morgan fingerprint density at radius 2 is 1.87 bits per heavy atom. The van der Waals surface area contributed by atoms with Crippen LogP contribution >= 0.6 is 0 Å². The van der Waals surface area contributed by atoms with Gasteiger partial charge < -0.3 is 14.2 Å². The summed E-state index contributed by atoms with van der Waals surface area (Å²) in [5.41, 5.74) is 2.38. The molecule has 2 amide bonds.